The summed E-state index contributed by atoms with van der Waals surface area (Å²) in [7, 11) is -4.34. The summed E-state index contributed by atoms with van der Waals surface area (Å²) >= 11 is 0. The molecule has 78 valence electrons. The summed E-state index contributed by atoms with van der Waals surface area (Å²) in [5.41, 5.74) is -0.642. The molecule has 4 nitrogen and oxygen atoms in total. The molecule has 1 saturated carbocycles. The van der Waals surface area contributed by atoms with Crippen LogP contribution in [-0.4, -0.2) is 15.4 Å². The van der Waals surface area contributed by atoms with E-state index in [0.29, 0.717) is 0 Å². The molecule has 0 amide bonds. The van der Waals surface area contributed by atoms with Gasteiger partial charge in [-0.1, -0.05) is 19.8 Å². The van der Waals surface area contributed by atoms with E-state index in [2.05, 4.69) is 0 Å². The maximum absolute atomic E-state index is 10.7. The van der Waals surface area contributed by atoms with Crippen molar-refractivity contribution in [2.75, 3.05) is 0 Å². The highest BCUT2D eigenvalue weighted by Crippen LogP contribution is 2.48. The molecule has 0 saturated heterocycles. The van der Waals surface area contributed by atoms with Gasteiger partial charge in [-0.3, -0.25) is 4.52 Å². The smallest absolute Gasteiger partial charge is 0.303 e. The lowest BCUT2D eigenvalue weighted by atomic mass is 9.78. The van der Waals surface area contributed by atoms with Crippen molar-refractivity contribution < 1.29 is 18.9 Å². The minimum atomic E-state index is -4.34. The molecule has 13 heavy (non-hydrogen) atoms. The van der Waals surface area contributed by atoms with Crippen molar-refractivity contribution in [2.24, 2.45) is 5.92 Å². The predicted octanol–water partition coefficient (Wildman–Crippen LogP) is 2.06. The first kappa shape index (κ1) is 11.2. The molecule has 0 aliphatic heterocycles. The summed E-state index contributed by atoms with van der Waals surface area (Å²) in [5.74, 6) is 0.217. The quantitative estimate of drug-likeness (QED) is 0.681. The van der Waals surface area contributed by atoms with Crippen molar-refractivity contribution in [3.8, 4) is 0 Å². The normalized spacial score (nSPS) is 36.2. The second-order valence-electron chi connectivity index (χ2n) is 4.04. The summed E-state index contributed by atoms with van der Waals surface area (Å²) in [6.45, 7) is 3.77. The number of rotatable bonds is 2. The van der Waals surface area contributed by atoms with Crippen LogP contribution in [0, 0.1) is 5.92 Å². The van der Waals surface area contributed by atoms with E-state index in [0.717, 1.165) is 25.7 Å². The topological polar surface area (TPSA) is 66.8 Å². The van der Waals surface area contributed by atoms with Gasteiger partial charge in [0.15, 0.2) is 0 Å². The third-order valence-electron chi connectivity index (χ3n) is 2.93. The first-order valence-electron chi connectivity index (χ1n) is 4.60. The van der Waals surface area contributed by atoms with Crippen molar-refractivity contribution in [1.29, 1.82) is 0 Å². The third-order valence-corrected chi connectivity index (χ3v) is 3.59. The van der Waals surface area contributed by atoms with Crippen molar-refractivity contribution >= 4 is 7.82 Å². The fourth-order valence-electron chi connectivity index (χ4n) is 1.89. The summed E-state index contributed by atoms with van der Waals surface area (Å²) in [6, 6.07) is 0. The van der Waals surface area contributed by atoms with Gasteiger partial charge in [-0.25, -0.2) is 4.57 Å². The average molecular weight is 208 g/mol. The van der Waals surface area contributed by atoms with Gasteiger partial charge in [-0.05, 0) is 25.7 Å². The monoisotopic (exact) mass is 208 g/mol. The first-order valence-corrected chi connectivity index (χ1v) is 6.13. The molecule has 0 aromatic carbocycles. The molecule has 5 heteroatoms. The first-order chi connectivity index (χ1) is 5.83. The van der Waals surface area contributed by atoms with Crippen molar-refractivity contribution in [1.82, 2.24) is 0 Å². The molecule has 1 fully saturated rings. The van der Waals surface area contributed by atoms with Gasteiger partial charge in [0.25, 0.3) is 0 Å². The molecule has 0 spiro atoms. The molecule has 2 atom stereocenters. The fourth-order valence-corrected chi connectivity index (χ4v) is 2.70. The van der Waals surface area contributed by atoms with Crippen LogP contribution >= 0.6 is 7.82 Å². The van der Waals surface area contributed by atoms with Gasteiger partial charge in [-0.2, -0.15) is 0 Å². The molecule has 1 rings (SSSR count). The van der Waals surface area contributed by atoms with E-state index < -0.39 is 13.4 Å². The van der Waals surface area contributed by atoms with Gasteiger partial charge in [0.05, 0.1) is 5.60 Å². The van der Waals surface area contributed by atoms with Gasteiger partial charge in [0.1, 0.15) is 0 Å². The average Bonchev–Trinajstić information content (AvgIpc) is 1.92. The molecule has 1 aliphatic rings. The zero-order chi connectivity index (χ0) is 10.1. The Kier molecular flexibility index (Phi) is 3.18. The second-order valence-corrected chi connectivity index (χ2v) is 5.21. The lowest BCUT2D eigenvalue weighted by molar-refractivity contribution is -0.0220. The Balaban J connectivity index is 2.67. The largest absolute Gasteiger partial charge is 0.470 e. The van der Waals surface area contributed by atoms with Crippen LogP contribution in [0.15, 0.2) is 0 Å². The third kappa shape index (κ3) is 3.06. The van der Waals surface area contributed by atoms with E-state index in [9.17, 15) is 4.57 Å². The standard InChI is InChI=1S/C8H17O4P/c1-7-5-3-4-6-8(7,2)12-13(9,10)11/h7H,3-6H2,1-2H3,(H2,9,10,11). The van der Waals surface area contributed by atoms with E-state index in [1.165, 1.54) is 0 Å². The Hall–Kier alpha value is 0.110. The highest BCUT2D eigenvalue weighted by atomic mass is 31.2. The zero-order valence-electron chi connectivity index (χ0n) is 8.06. The molecular weight excluding hydrogens is 191 g/mol. The molecular formula is C8H17O4P. The van der Waals surface area contributed by atoms with Crippen LogP contribution in [0.1, 0.15) is 39.5 Å². The maximum atomic E-state index is 10.7. The molecule has 1 aliphatic carbocycles. The van der Waals surface area contributed by atoms with Crippen molar-refractivity contribution in [3.63, 3.8) is 0 Å². The second kappa shape index (κ2) is 3.70. The summed E-state index contributed by atoms with van der Waals surface area (Å²) in [4.78, 5) is 17.5. The van der Waals surface area contributed by atoms with Gasteiger partial charge < -0.3 is 9.79 Å². The van der Waals surface area contributed by atoms with Crippen LogP contribution in [0.5, 0.6) is 0 Å². The number of phosphoric ester groups is 1. The van der Waals surface area contributed by atoms with Crippen molar-refractivity contribution in [2.45, 2.75) is 45.1 Å². The molecule has 0 aromatic rings. The van der Waals surface area contributed by atoms with E-state index in [1.807, 2.05) is 6.92 Å². The predicted molar refractivity (Wildman–Crippen MR) is 49.2 cm³/mol. The Morgan fingerprint density at radius 2 is 2.08 bits per heavy atom. The van der Waals surface area contributed by atoms with Crippen LogP contribution in [0.4, 0.5) is 0 Å². The summed E-state index contributed by atoms with van der Waals surface area (Å²) in [6.07, 6.45) is 3.83. The van der Waals surface area contributed by atoms with E-state index in [-0.39, 0.29) is 5.92 Å². The Morgan fingerprint density at radius 3 is 2.54 bits per heavy atom. The zero-order valence-corrected chi connectivity index (χ0v) is 8.96. The Bertz CT molecular complexity index is 224. The van der Waals surface area contributed by atoms with Gasteiger partial charge in [0, 0.05) is 0 Å². The summed E-state index contributed by atoms with van der Waals surface area (Å²) < 4.78 is 15.6. The lowest BCUT2D eigenvalue weighted by Gasteiger charge is -2.39. The molecule has 0 aromatic heterocycles. The van der Waals surface area contributed by atoms with E-state index in [4.69, 9.17) is 14.3 Å². The van der Waals surface area contributed by atoms with Gasteiger partial charge in [0.2, 0.25) is 0 Å². The summed E-state index contributed by atoms with van der Waals surface area (Å²) in [5, 5.41) is 0. The van der Waals surface area contributed by atoms with E-state index >= 15 is 0 Å². The van der Waals surface area contributed by atoms with Crippen LogP contribution in [0.25, 0.3) is 0 Å². The van der Waals surface area contributed by atoms with Crippen LogP contribution < -0.4 is 0 Å². The Morgan fingerprint density at radius 1 is 1.46 bits per heavy atom. The molecule has 2 unspecified atom stereocenters. The number of hydrogen-bond donors (Lipinski definition) is 2. The molecule has 0 radical (unpaired) electrons. The maximum Gasteiger partial charge on any atom is 0.470 e. The molecule has 0 bridgehead atoms. The molecule has 0 heterocycles. The minimum Gasteiger partial charge on any atom is -0.303 e. The fraction of sp³-hybridized carbons (Fsp3) is 1.00. The number of phosphoric acid groups is 1. The minimum absolute atomic E-state index is 0.217. The highest BCUT2D eigenvalue weighted by molar-refractivity contribution is 7.46. The van der Waals surface area contributed by atoms with Crippen LogP contribution in [0.3, 0.4) is 0 Å². The SMILES string of the molecule is CC1CCCCC1(C)OP(=O)(O)O. The van der Waals surface area contributed by atoms with Gasteiger partial charge in [-0.15, -0.1) is 0 Å². The lowest BCUT2D eigenvalue weighted by Crippen LogP contribution is -2.37. The van der Waals surface area contributed by atoms with Crippen molar-refractivity contribution in [3.05, 3.63) is 0 Å². The van der Waals surface area contributed by atoms with Gasteiger partial charge >= 0.3 is 7.82 Å². The number of hydrogen-bond acceptors (Lipinski definition) is 2. The highest BCUT2D eigenvalue weighted by Gasteiger charge is 2.39. The van der Waals surface area contributed by atoms with E-state index in [1.54, 1.807) is 6.92 Å². The van der Waals surface area contributed by atoms with Crippen LogP contribution in [0.2, 0.25) is 0 Å². The van der Waals surface area contributed by atoms with Crippen LogP contribution in [-0.2, 0) is 9.09 Å². The molecule has 2 N–H and O–H groups in total. The Labute approximate surface area is 78.5 Å².